The Morgan fingerprint density at radius 2 is 2.15 bits per heavy atom. The van der Waals surface area contributed by atoms with Crippen LogP contribution in [-0.4, -0.2) is 42.1 Å². The van der Waals surface area contributed by atoms with Crippen molar-refractivity contribution in [3.63, 3.8) is 0 Å². The fourth-order valence-electron chi connectivity index (χ4n) is 5.23. The average molecular weight is 387 g/mol. The van der Waals surface area contributed by atoms with Crippen LogP contribution < -0.4 is 5.32 Å². The average Bonchev–Trinajstić information content (AvgIpc) is 3.42. The zero-order valence-corrected chi connectivity index (χ0v) is 15.8. The lowest BCUT2D eigenvalue weighted by molar-refractivity contribution is 0.00211. The maximum absolute atomic E-state index is 12.2. The Morgan fingerprint density at radius 3 is 2.93 bits per heavy atom. The van der Waals surface area contributed by atoms with E-state index in [9.17, 15) is 4.79 Å². The largest absolute Gasteiger partial charge is 0.459 e. The molecule has 27 heavy (non-hydrogen) atoms. The molecule has 4 heterocycles. The van der Waals surface area contributed by atoms with E-state index in [1.165, 1.54) is 11.8 Å². The second kappa shape index (κ2) is 6.66. The van der Waals surface area contributed by atoms with Crippen molar-refractivity contribution in [1.82, 2.24) is 10.2 Å². The van der Waals surface area contributed by atoms with E-state index in [2.05, 4.69) is 22.3 Å². The molecule has 1 spiro atoms. The molecule has 5 nitrogen and oxygen atoms in total. The van der Waals surface area contributed by atoms with Crippen LogP contribution in [0.2, 0.25) is 5.02 Å². The van der Waals surface area contributed by atoms with E-state index < -0.39 is 0 Å². The minimum Gasteiger partial charge on any atom is -0.459 e. The summed E-state index contributed by atoms with van der Waals surface area (Å²) in [5.41, 5.74) is 1.24. The molecule has 3 aliphatic heterocycles. The van der Waals surface area contributed by atoms with E-state index in [1.54, 1.807) is 12.1 Å². The first-order chi connectivity index (χ1) is 13.1. The van der Waals surface area contributed by atoms with Crippen LogP contribution in [0.15, 0.2) is 47.1 Å². The molecule has 3 fully saturated rings. The maximum atomic E-state index is 12.2. The highest BCUT2D eigenvalue weighted by Gasteiger charge is 2.62. The number of halogens is 1. The van der Waals surface area contributed by atoms with E-state index in [0.29, 0.717) is 24.1 Å². The van der Waals surface area contributed by atoms with Crippen LogP contribution >= 0.6 is 11.6 Å². The smallest absolute Gasteiger partial charge is 0.286 e. The predicted octanol–water partition coefficient (Wildman–Crippen LogP) is 3.34. The SMILES string of the molecule is O=C(NC[C@H]1[C@H]2CN(Cc3ccc(Cl)cc3)C[C@]23CC[C@H]1O3)c1ccco1. The van der Waals surface area contributed by atoms with Crippen molar-refractivity contribution in [3.8, 4) is 0 Å². The molecule has 1 aromatic heterocycles. The third-order valence-electron chi connectivity index (χ3n) is 6.42. The van der Waals surface area contributed by atoms with Gasteiger partial charge in [0.1, 0.15) is 0 Å². The molecule has 1 aromatic carbocycles. The summed E-state index contributed by atoms with van der Waals surface area (Å²) < 4.78 is 11.7. The van der Waals surface area contributed by atoms with Crippen LogP contribution in [0.3, 0.4) is 0 Å². The highest BCUT2D eigenvalue weighted by atomic mass is 35.5. The number of ether oxygens (including phenoxy) is 1. The Labute approximate surface area is 163 Å². The van der Waals surface area contributed by atoms with Crippen LogP contribution in [-0.2, 0) is 11.3 Å². The first kappa shape index (κ1) is 17.3. The molecule has 1 N–H and O–H groups in total. The fourth-order valence-corrected chi connectivity index (χ4v) is 5.36. The number of benzene rings is 1. The molecule has 3 aliphatic rings. The van der Waals surface area contributed by atoms with Crippen LogP contribution in [0.4, 0.5) is 0 Å². The van der Waals surface area contributed by atoms with E-state index >= 15 is 0 Å². The van der Waals surface area contributed by atoms with Crippen molar-refractivity contribution in [2.75, 3.05) is 19.6 Å². The van der Waals surface area contributed by atoms with Crippen LogP contribution in [0.25, 0.3) is 0 Å². The van der Waals surface area contributed by atoms with E-state index in [1.807, 2.05) is 12.1 Å². The minimum atomic E-state index is -0.146. The van der Waals surface area contributed by atoms with Gasteiger partial charge in [-0.3, -0.25) is 9.69 Å². The number of carbonyl (C=O) groups is 1. The molecule has 1 amide bonds. The lowest BCUT2D eigenvalue weighted by Gasteiger charge is -2.29. The van der Waals surface area contributed by atoms with Crippen molar-refractivity contribution in [2.24, 2.45) is 11.8 Å². The maximum Gasteiger partial charge on any atom is 0.286 e. The van der Waals surface area contributed by atoms with Crippen LogP contribution in [0.5, 0.6) is 0 Å². The lowest BCUT2D eigenvalue weighted by Crippen LogP contribution is -2.41. The van der Waals surface area contributed by atoms with Crippen LogP contribution in [0, 0.1) is 11.8 Å². The van der Waals surface area contributed by atoms with Gasteiger partial charge in [-0.05, 0) is 42.7 Å². The van der Waals surface area contributed by atoms with Gasteiger partial charge in [0.25, 0.3) is 5.91 Å². The summed E-state index contributed by atoms with van der Waals surface area (Å²) in [5.74, 6) is 1.06. The molecule has 5 rings (SSSR count). The summed E-state index contributed by atoms with van der Waals surface area (Å²) in [5, 5.41) is 3.81. The minimum absolute atomic E-state index is 0.0306. The molecule has 0 unspecified atom stereocenters. The van der Waals surface area contributed by atoms with Gasteiger partial charge < -0.3 is 14.5 Å². The number of carbonyl (C=O) groups excluding carboxylic acids is 1. The van der Waals surface area contributed by atoms with Gasteiger partial charge in [0.15, 0.2) is 5.76 Å². The van der Waals surface area contributed by atoms with Gasteiger partial charge in [-0.15, -0.1) is 0 Å². The molecule has 142 valence electrons. The quantitative estimate of drug-likeness (QED) is 0.856. The molecule has 2 bridgehead atoms. The Hall–Kier alpha value is -1.82. The van der Waals surface area contributed by atoms with E-state index in [4.69, 9.17) is 20.8 Å². The molecule has 4 atom stereocenters. The number of fused-ring (bicyclic) bond motifs is 1. The number of amides is 1. The monoisotopic (exact) mass is 386 g/mol. The number of hydrogen-bond acceptors (Lipinski definition) is 4. The van der Waals surface area contributed by atoms with Gasteiger partial charge in [0.2, 0.25) is 0 Å². The number of nitrogens with one attached hydrogen (secondary N) is 1. The Bertz CT molecular complexity index is 822. The van der Waals surface area contributed by atoms with Gasteiger partial charge >= 0.3 is 0 Å². The van der Waals surface area contributed by atoms with Crippen molar-refractivity contribution < 1.29 is 13.9 Å². The highest BCUT2D eigenvalue weighted by molar-refractivity contribution is 6.30. The fraction of sp³-hybridized carbons (Fsp3) is 0.476. The highest BCUT2D eigenvalue weighted by Crippen LogP contribution is 2.54. The summed E-state index contributed by atoms with van der Waals surface area (Å²) in [4.78, 5) is 14.7. The number of rotatable bonds is 5. The summed E-state index contributed by atoms with van der Waals surface area (Å²) >= 11 is 6.00. The Kier molecular flexibility index (Phi) is 4.26. The van der Waals surface area contributed by atoms with Crippen LogP contribution in [0.1, 0.15) is 29.0 Å². The first-order valence-corrected chi connectivity index (χ1v) is 9.97. The first-order valence-electron chi connectivity index (χ1n) is 9.59. The number of hydrogen-bond donors (Lipinski definition) is 1. The van der Waals surface area contributed by atoms with Crippen molar-refractivity contribution in [3.05, 3.63) is 59.0 Å². The number of furan rings is 1. The zero-order chi connectivity index (χ0) is 18.4. The van der Waals surface area contributed by atoms with Gasteiger partial charge in [-0.2, -0.15) is 0 Å². The normalized spacial score (nSPS) is 32.0. The van der Waals surface area contributed by atoms with Gasteiger partial charge in [-0.25, -0.2) is 0 Å². The van der Waals surface area contributed by atoms with E-state index in [0.717, 1.165) is 37.5 Å². The van der Waals surface area contributed by atoms with Gasteiger partial charge in [-0.1, -0.05) is 23.7 Å². The standard InChI is InChI=1S/C21H23ClN2O3/c22-15-5-3-14(4-6-15)11-24-12-17-16(18-7-8-21(17,13-24)27-18)10-23-20(25)19-2-1-9-26-19/h1-6,9,16-18H,7-8,10-13H2,(H,23,25)/t16-,17+,18+,21+/m0/s1. The summed E-state index contributed by atoms with van der Waals surface area (Å²) in [6.45, 7) is 3.54. The second-order valence-corrected chi connectivity index (χ2v) is 8.45. The van der Waals surface area contributed by atoms with Gasteiger partial charge in [0, 0.05) is 43.0 Å². The summed E-state index contributed by atoms with van der Waals surface area (Å²) in [7, 11) is 0. The summed E-state index contributed by atoms with van der Waals surface area (Å²) in [6, 6.07) is 11.5. The second-order valence-electron chi connectivity index (χ2n) is 8.01. The lowest BCUT2D eigenvalue weighted by atomic mass is 9.73. The van der Waals surface area contributed by atoms with Crippen molar-refractivity contribution in [1.29, 1.82) is 0 Å². The molecule has 0 radical (unpaired) electrons. The molecular weight excluding hydrogens is 364 g/mol. The van der Waals surface area contributed by atoms with Crippen molar-refractivity contribution >= 4 is 17.5 Å². The third kappa shape index (κ3) is 3.08. The number of likely N-dealkylation sites (tertiary alicyclic amines) is 1. The molecule has 0 saturated carbocycles. The Balaban J connectivity index is 1.25. The van der Waals surface area contributed by atoms with Gasteiger partial charge in [0.05, 0.1) is 18.0 Å². The Morgan fingerprint density at radius 1 is 1.30 bits per heavy atom. The molecule has 0 aliphatic carbocycles. The molecular formula is C21H23ClN2O3. The summed E-state index contributed by atoms with van der Waals surface area (Å²) in [6.07, 6.45) is 4.01. The molecule has 3 saturated heterocycles. The predicted molar refractivity (Wildman–Crippen MR) is 102 cm³/mol. The molecule has 6 heteroatoms. The zero-order valence-electron chi connectivity index (χ0n) is 15.1. The van der Waals surface area contributed by atoms with Crippen molar-refractivity contribution in [2.45, 2.75) is 31.1 Å². The van der Waals surface area contributed by atoms with E-state index in [-0.39, 0.29) is 17.6 Å². The molecule has 2 aromatic rings. The topological polar surface area (TPSA) is 54.7 Å². The number of nitrogens with zero attached hydrogens (tertiary/aromatic N) is 1. The third-order valence-corrected chi connectivity index (χ3v) is 6.67.